The molecule has 0 radical (unpaired) electrons. The normalized spacial score (nSPS) is 43.1. The maximum atomic E-state index is 12.7. The Kier molecular flexibility index (Phi) is 3.81. The fourth-order valence-corrected chi connectivity index (χ4v) is 4.38. The Balaban J connectivity index is 1.64. The lowest BCUT2D eigenvalue weighted by Gasteiger charge is -2.45. The molecule has 0 spiro atoms. The molecule has 3 atom stereocenters. The zero-order valence-electron chi connectivity index (χ0n) is 12.0. The van der Waals surface area contributed by atoms with Gasteiger partial charge in [-0.25, -0.2) is 0 Å². The number of hydrogen-bond acceptors (Lipinski definition) is 3. The third-order valence-electron chi connectivity index (χ3n) is 5.44. The molecule has 2 saturated carbocycles. The third kappa shape index (κ3) is 2.65. The van der Waals surface area contributed by atoms with Gasteiger partial charge in [0.2, 0.25) is 5.91 Å². The van der Waals surface area contributed by atoms with Gasteiger partial charge in [0.05, 0.1) is 0 Å². The number of rotatable bonds is 1. The molecule has 0 aromatic heterocycles. The second-order valence-electron chi connectivity index (χ2n) is 6.84. The number of piperazine rings is 1. The minimum atomic E-state index is 0.250. The van der Waals surface area contributed by atoms with Crippen molar-refractivity contribution < 1.29 is 4.79 Å². The van der Waals surface area contributed by atoms with E-state index in [1.807, 2.05) is 0 Å². The van der Waals surface area contributed by atoms with Gasteiger partial charge >= 0.3 is 0 Å². The van der Waals surface area contributed by atoms with Gasteiger partial charge in [0, 0.05) is 37.6 Å². The first-order valence-electron chi connectivity index (χ1n) is 7.93. The Morgan fingerprint density at radius 3 is 2.58 bits per heavy atom. The van der Waals surface area contributed by atoms with Crippen LogP contribution >= 0.6 is 0 Å². The first-order valence-corrected chi connectivity index (χ1v) is 7.93. The second-order valence-corrected chi connectivity index (χ2v) is 6.84. The third-order valence-corrected chi connectivity index (χ3v) is 5.44. The van der Waals surface area contributed by atoms with Gasteiger partial charge in [-0.15, -0.1) is 0 Å². The van der Waals surface area contributed by atoms with Crippen molar-refractivity contribution in [1.29, 1.82) is 0 Å². The molecule has 108 valence electrons. The van der Waals surface area contributed by atoms with Crippen LogP contribution in [0.4, 0.5) is 0 Å². The Hall–Kier alpha value is -0.610. The molecular weight excluding hydrogens is 238 g/mol. The van der Waals surface area contributed by atoms with Gasteiger partial charge in [-0.3, -0.25) is 4.79 Å². The summed E-state index contributed by atoms with van der Waals surface area (Å²) in [6, 6.07) is 0.794. The minimum absolute atomic E-state index is 0.250. The molecule has 3 N–H and O–H groups in total. The van der Waals surface area contributed by atoms with Gasteiger partial charge in [0.25, 0.3) is 0 Å². The summed E-state index contributed by atoms with van der Waals surface area (Å²) < 4.78 is 0. The van der Waals surface area contributed by atoms with Crippen molar-refractivity contribution in [2.24, 2.45) is 23.5 Å². The number of fused-ring (bicyclic) bond motifs is 2. The van der Waals surface area contributed by atoms with Crippen molar-refractivity contribution in [3.05, 3.63) is 0 Å². The number of carbonyl (C=O) groups excluding carboxylic acids is 1. The van der Waals surface area contributed by atoms with Crippen molar-refractivity contribution in [1.82, 2.24) is 10.2 Å². The molecule has 3 fully saturated rings. The molecule has 3 aliphatic rings. The van der Waals surface area contributed by atoms with Gasteiger partial charge in [0.15, 0.2) is 0 Å². The summed E-state index contributed by atoms with van der Waals surface area (Å²) in [6.45, 7) is 4.84. The van der Waals surface area contributed by atoms with E-state index in [-0.39, 0.29) is 5.92 Å². The molecule has 2 unspecified atom stereocenters. The monoisotopic (exact) mass is 265 g/mol. The van der Waals surface area contributed by atoms with Crippen LogP contribution in [0.2, 0.25) is 0 Å². The van der Waals surface area contributed by atoms with E-state index in [4.69, 9.17) is 5.73 Å². The van der Waals surface area contributed by atoms with Crippen molar-refractivity contribution in [3.8, 4) is 0 Å². The second kappa shape index (κ2) is 5.41. The van der Waals surface area contributed by atoms with E-state index >= 15 is 0 Å². The summed E-state index contributed by atoms with van der Waals surface area (Å²) in [4.78, 5) is 14.8. The fourth-order valence-electron chi connectivity index (χ4n) is 4.38. The zero-order chi connectivity index (χ0) is 13.4. The van der Waals surface area contributed by atoms with Crippen LogP contribution in [-0.2, 0) is 4.79 Å². The van der Waals surface area contributed by atoms with Crippen molar-refractivity contribution in [2.45, 2.75) is 51.1 Å². The Labute approximate surface area is 116 Å². The number of amides is 1. The lowest BCUT2D eigenvalue weighted by atomic mass is 9.65. The number of carbonyl (C=O) groups is 1. The minimum Gasteiger partial charge on any atom is -0.340 e. The number of hydrogen-bond donors (Lipinski definition) is 2. The largest absolute Gasteiger partial charge is 0.340 e. The van der Waals surface area contributed by atoms with Crippen LogP contribution in [0.5, 0.6) is 0 Å². The van der Waals surface area contributed by atoms with Crippen LogP contribution < -0.4 is 11.1 Å². The Morgan fingerprint density at radius 1 is 1.26 bits per heavy atom. The molecule has 2 aliphatic carbocycles. The molecule has 1 aliphatic heterocycles. The predicted molar refractivity (Wildman–Crippen MR) is 75.6 cm³/mol. The molecule has 3 rings (SSSR count). The first-order chi connectivity index (χ1) is 9.15. The van der Waals surface area contributed by atoms with Crippen molar-refractivity contribution in [3.63, 3.8) is 0 Å². The van der Waals surface area contributed by atoms with Crippen LogP contribution in [0.3, 0.4) is 0 Å². The van der Waals surface area contributed by atoms with Crippen molar-refractivity contribution in [2.75, 3.05) is 19.6 Å². The van der Waals surface area contributed by atoms with Crippen LogP contribution in [0.1, 0.15) is 39.0 Å². The van der Waals surface area contributed by atoms with E-state index in [2.05, 4.69) is 17.1 Å². The zero-order valence-corrected chi connectivity index (χ0v) is 12.0. The standard InChI is InChI=1S/C15H27N3O/c1-10-9-18(6-5-17-10)15(19)13-7-11-3-2-4-12(8-13)14(11)16/h10-14,17H,2-9,16H2,1H3/t10-,11?,12?,13?,14?/m1/s1. The Morgan fingerprint density at radius 2 is 1.95 bits per heavy atom. The van der Waals surface area contributed by atoms with E-state index in [0.717, 1.165) is 32.5 Å². The molecule has 1 heterocycles. The van der Waals surface area contributed by atoms with Crippen LogP contribution in [0.25, 0.3) is 0 Å². The quantitative estimate of drug-likeness (QED) is 0.742. The number of nitrogens with zero attached hydrogens (tertiary/aromatic N) is 1. The molecule has 4 heteroatoms. The van der Waals surface area contributed by atoms with E-state index < -0.39 is 0 Å². The Bertz CT molecular complexity index is 332. The smallest absolute Gasteiger partial charge is 0.225 e. The van der Waals surface area contributed by atoms with Gasteiger partial charge in [-0.2, -0.15) is 0 Å². The lowest BCUT2D eigenvalue weighted by Crippen LogP contribution is -2.55. The summed E-state index contributed by atoms with van der Waals surface area (Å²) in [5.74, 6) is 1.85. The summed E-state index contributed by atoms with van der Waals surface area (Å²) in [7, 11) is 0. The number of nitrogens with one attached hydrogen (secondary N) is 1. The maximum absolute atomic E-state index is 12.7. The molecule has 1 saturated heterocycles. The van der Waals surface area contributed by atoms with E-state index in [1.54, 1.807) is 0 Å². The highest BCUT2D eigenvalue weighted by atomic mass is 16.2. The van der Waals surface area contributed by atoms with Gasteiger partial charge in [-0.05, 0) is 44.4 Å². The topological polar surface area (TPSA) is 58.4 Å². The SMILES string of the molecule is C[C@@H]1CN(C(=O)C2CC3CCCC(C2)C3N)CCN1. The first kappa shape index (κ1) is 13.4. The highest BCUT2D eigenvalue weighted by Crippen LogP contribution is 2.42. The van der Waals surface area contributed by atoms with E-state index in [9.17, 15) is 4.79 Å². The average molecular weight is 265 g/mol. The van der Waals surface area contributed by atoms with Crippen molar-refractivity contribution >= 4 is 5.91 Å². The van der Waals surface area contributed by atoms with Gasteiger partial charge < -0.3 is 16.0 Å². The average Bonchev–Trinajstić information content (AvgIpc) is 2.37. The van der Waals surface area contributed by atoms with E-state index in [1.165, 1.54) is 19.3 Å². The molecule has 2 bridgehead atoms. The van der Waals surface area contributed by atoms with E-state index in [0.29, 0.717) is 29.8 Å². The molecule has 1 amide bonds. The number of nitrogens with two attached hydrogens (primary N) is 1. The van der Waals surface area contributed by atoms with Gasteiger partial charge in [-0.1, -0.05) is 6.42 Å². The van der Waals surface area contributed by atoms with Crippen LogP contribution in [0, 0.1) is 17.8 Å². The summed E-state index contributed by atoms with van der Waals surface area (Å²) in [5.41, 5.74) is 6.31. The summed E-state index contributed by atoms with van der Waals surface area (Å²) in [6.07, 6.45) is 5.86. The highest BCUT2D eigenvalue weighted by molar-refractivity contribution is 5.79. The van der Waals surface area contributed by atoms with Crippen LogP contribution in [-0.4, -0.2) is 42.5 Å². The molecule has 19 heavy (non-hydrogen) atoms. The molecule has 0 aromatic rings. The lowest BCUT2D eigenvalue weighted by molar-refractivity contribution is -0.139. The summed E-state index contributed by atoms with van der Waals surface area (Å²) in [5, 5.41) is 3.40. The van der Waals surface area contributed by atoms with Crippen LogP contribution in [0.15, 0.2) is 0 Å². The molecular formula is C15H27N3O. The maximum Gasteiger partial charge on any atom is 0.225 e. The predicted octanol–water partition coefficient (Wildman–Crippen LogP) is 0.960. The molecule has 4 nitrogen and oxygen atoms in total. The van der Waals surface area contributed by atoms with Gasteiger partial charge in [0.1, 0.15) is 0 Å². The molecule has 0 aromatic carbocycles. The highest BCUT2D eigenvalue weighted by Gasteiger charge is 2.41. The summed E-state index contributed by atoms with van der Waals surface area (Å²) >= 11 is 0. The fraction of sp³-hybridized carbons (Fsp3) is 0.933.